The largest absolute Gasteiger partial charge is 0.326 e. The number of hydrogen-bond acceptors (Lipinski definition) is 4. The Labute approximate surface area is 135 Å². The van der Waals surface area contributed by atoms with Gasteiger partial charge < -0.3 is 5.32 Å². The minimum Gasteiger partial charge on any atom is -0.326 e. The fourth-order valence-electron chi connectivity index (χ4n) is 3.53. The molecule has 5 heteroatoms. The van der Waals surface area contributed by atoms with E-state index in [-0.39, 0.29) is 5.56 Å². The van der Waals surface area contributed by atoms with Crippen LogP contribution < -0.4 is 10.9 Å². The van der Waals surface area contributed by atoms with Crippen molar-refractivity contribution >= 4 is 11.6 Å². The van der Waals surface area contributed by atoms with Crippen molar-refractivity contribution < 1.29 is 0 Å². The number of H-pyrrole nitrogens is 1. The number of aromatic nitrogens is 2. The molecule has 4 rings (SSSR count). The van der Waals surface area contributed by atoms with Crippen LogP contribution in [0.3, 0.4) is 0 Å². The highest BCUT2D eigenvalue weighted by Crippen LogP contribution is 2.20. The lowest BCUT2D eigenvalue weighted by Gasteiger charge is -2.15. The van der Waals surface area contributed by atoms with Gasteiger partial charge in [-0.3, -0.25) is 14.7 Å². The molecule has 0 spiro atoms. The van der Waals surface area contributed by atoms with E-state index >= 15 is 0 Å². The van der Waals surface area contributed by atoms with E-state index in [0.29, 0.717) is 5.95 Å². The number of fused-ring (bicyclic) bond motifs is 1. The van der Waals surface area contributed by atoms with Crippen LogP contribution in [0.15, 0.2) is 29.1 Å². The zero-order chi connectivity index (χ0) is 15.6. The van der Waals surface area contributed by atoms with Crippen LogP contribution in [0.1, 0.15) is 36.1 Å². The quantitative estimate of drug-likeness (QED) is 0.911. The Balaban J connectivity index is 1.46. The van der Waals surface area contributed by atoms with Gasteiger partial charge in [0.15, 0.2) is 0 Å². The van der Waals surface area contributed by atoms with Crippen LogP contribution in [0.5, 0.6) is 0 Å². The molecule has 1 aromatic carbocycles. The van der Waals surface area contributed by atoms with Gasteiger partial charge in [0.25, 0.3) is 5.56 Å². The summed E-state index contributed by atoms with van der Waals surface area (Å²) in [7, 11) is 0. The van der Waals surface area contributed by atoms with Crippen LogP contribution in [0, 0.1) is 0 Å². The van der Waals surface area contributed by atoms with Crippen molar-refractivity contribution in [2.24, 2.45) is 0 Å². The molecular formula is C18H22N4O. The molecule has 0 bridgehead atoms. The Morgan fingerprint density at radius 1 is 1.09 bits per heavy atom. The van der Waals surface area contributed by atoms with Gasteiger partial charge in [-0.25, -0.2) is 4.98 Å². The Hall–Kier alpha value is -2.14. The normalized spacial score (nSPS) is 17.4. The summed E-state index contributed by atoms with van der Waals surface area (Å²) in [5.41, 5.74) is 4.09. The maximum Gasteiger partial charge on any atom is 0.255 e. The van der Waals surface area contributed by atoms with Gasteiger partial charge in [0.2, 0.25) is 5.95 Å². The minimum atomic E-state index is 0.000605. The topological polar surface area (TPSA) is 61.0 Å². The molecule has 120 valence electrons. The van der Waals surface area contributed by atoms with E-state index in [1.54, 1.807) is 0 Å². The number of aryl methyl sites for hydroxylation is 1. The van der Waals surface area contributed by atoms with Gasteiger partial charge in [-0.1, -0.05) is 12.1 Å². The molecule has 1 saturated heterocycles. The second-order valence-corrected chi connectivity index (χ2v) is 6.50. The third-order valence-corrected chi connectivity index (χ3v) is 4.76. The lowest BCUT2D eigenvalue weighted by molar-refractivity contribution is 0.331. The van der Waals surface area contributed by atoms with Crippen molar-refractivity contribution in [3.63, 3.8) is 0 Å². The lowest BCUT2D eigenvalue weighted by Crippen LogP contribution is -2.18. The third kappa shape index (κ3) is 3.15. The van der Waals surface area contributed by atoms with Gasteiger partial charge in [0.05, 0.1) is 5.69 Å². The highest BCUT2D eigenvalue weighted by molar-refractivity contribution is 5.54. The molecule has 1 aliphatic heterocycles. The summed E-state index contributed by atoms with van der Waals surface area (Å²) in [5, 5.41) is 3.22. The Bertz CT molecular complexity index is 745. The number of likely N-dealkylation sites (tertiary alicyclic amines) is 1. The molecule has 2 aliphatic rings. The molecule has 23 heavy (non-hydrogen) atoms. The highest BCUT2D eigenvalue weighted by atomic mass is 16.1. The number of anilines is 2. The fourth-order valence-corrected chi connectivity index (χ4v) is 3.53. The van der Waals surface area contributed by atoms with E-state index in [2.05, 4.69) is 44.5 Å². The number of aromatic amines is 1. The predicted octanol–water partition coefficient (Wildman–Crippen LogP) is 2.60. The van der Waals surface area contributed by atoms with Crippen molar-refractivity contribution in [3.8, 4) is 0 Å². The van der Waals surface area contributed by atoms with Crippen LogP contribution in [0.25, 0.3) is 0 Å². The van der Waals surface area contributed by atoms with Crippen molar-refractivity contribution in [1.29, 1.82) is 0 Å². The predicted molar refractivity (Wildman–Crippen MR) is 91.1 cm³/mol. The van der Waals surface area contributed by atoms with Crippen molar-refractivity contribution in [3.05, 3.63) is 51.4 Å². The molecule has 0 amide bonds. The summed E-state index contributed by atoms with van der Waals surface area (Å²) in [4.78, 5) is 21.9. The monoisotopic (exact) mass is 310 g/mol. The maximum absolute atomic E-state index is 12.0. The van der Waals surface area contributed by atoms with E-state index < -0.39 is 0 Å². The first-order valence-electron chi connectivity index (χ1n) is 8.48. The molecule has 1 aromatic heterocycles. The van der Waals surface area contributed by atoms with E-state index in [9.17, 15) is 4.79 Å². The van der Waals surface area contributed by atoms with Crippen LogP contribution in [0.4, 0.5) is 11.6 Å². The molecule has 5 nitrogen and oxygen atoms in total. The van der Waals surface area contributed by atoms with Gasteiger partial charge in [-0.15, -0.1) is 0 Å². The molecule has 2 heterocycles. The Morgan fingerprint density at radius 3 is 2.65 bits per heavy atom. The van der Waals surface area contributed by atoms with Crippen molar-refractivity contribution in [2.75, 3.05) is 18.4 Å². The molecule has 1 fully saturated rings. The average Bonchev–Trinajstić information content (AvgIpc) is 3.21. The summed E-state index contributed by atoms with van der Waals surface area (Å²) in [5.74, 6) is 0.544. The first-order chi connectivity index (χ1) is 11.3. The van der Waals surface area contributed by atoms with Crippen molar-refractivity contribution in [2.45, 2.75) is 38.6 Å². The number of nitrogens with zero attached hydrogens (tertiary/aromatic N) is 2. The van der Waals surface area contributed by atoms with Gasteiger partial charge in [-0.05, 0) is 62.9 Å². The highest BCUT2D eigenvalue weighted by Gasteiger charge is 2.17. The van der Waals surface area contributed by atoms with Gasteiger partial charge in [-0.2, -0.15) is 0 Å². The number of benzene rings is 1. The van der Waals surface area contributed by atoms with Crippen molar-refractivity contribution in [1.82, 2.24) is 14.9 Å². The Morgan fingerprint density at radius 2 is 1.87 bits per heavy atom. The Kier molecular flexibility index (Phi) is 3.87. The number of hydrogen-bond donors (Lipinski definition) is 2. The molecular weight excluding hydrogens is 288 g/mol. The SMILES string of the molecule is O=c1[nH]c(Nc2ccc(CN3CCCC3)cc2)nc2c1CCC2. The molecule has 0 radical (unpaired) electrons. The summed E-state index contributed by atoms with van der Waals surface area (Å²) < 4.78 is 0. The first-order valence-corrected chi connectivity index (χ1v) is 8.48. The van der Waals surface area contributed by atoms with Crippen LogP contribution in [-0.4, -0.2) is 28.0 Å². The second-order valence-electron chi connectivity index (χ2n) is 6.50. The molecule has 0 unspecified atom stereocenters. The summed E-state index contributed by atoms with van der Waals surface area (Å²) in [6.45, 7) is 3.44. The second kappa shape index (κ2) is 6.16. The summed E-state index contributed by atoms with van der Waals surface area (Å²) in [6.07, 6.45) is 5.42. The third-order valence-electron chi connectivity index (χ3n) is 4.76. The molecule has 2 N–H and O–H groups in total. The van der Waals surface area contributed by atoms with Crippen LogP contribution in [0.2, 0.25) is 0 Å². The van der Waals surface area contributed by atoms with E-state index in [1.165, 1.54) is 31.5 Å². The average molecular weight is 310 g/mol. The molecule has 1 aliphatic carbocycles. The maximum atomic E-state index is 12.0. The van der Waals surface area contributed by atoms with Gasteiger partial charge >= 0.3 is 0 Å². The molecule has 0 saturated carbocycles. The van der Waals surface area contributed by atoms with Gasteiger partial charge in [0, 0.05) is 17.8 Å². The molecule has 2 aromatic rings. The molecule has 0 atom stereocenters. The lowest BCUT2D eigenvalue weighted by atomic mass is 10.2. The zero-order valence-electron chi connectivity index (χ0n) is 13.3. The summed E-state index contributed by atoms with van der Waals surface area (Å²) >= 11 is 0. The smallest absolute Gasteiger partial charge is 0.255 e. The first kappa shape index (κ1) is 14.5. The standard InChI is InChI=1S/C18H22N4O/c23-17-15-4-3-5-16(15)20-18(21-17)19-14-8-6-13(7-9-14)12-22-10-1-2-11-22/h6-9H,1-5,10-12H2,(H2,19,20,21,23). The van der Waals surface area contributed by atoms with Gasteiger partial charge in [0.1, 0.15) is 0 Å². The number of nitrogens with one attached hydrogen (secondary N) is 2. The van der Waals surface area contributed by atoms with E-state index in [1.807, 2.05) is 0 Å². The minimum absolute atomic E-state index is 0.000605. The van der Waals surface area contributed by atoms with Crippen LogP contribution in [-0.2, 0) is 19.4 Å². The number of rotatable bonds is 4. The van der Waals surface area contributed by atoms with E-state index in [0.717, 1.165) is 42.8 Å². The van der Waals surface area contributed by atoms with Crippen LogP contribution >= 0.6 is 0 Å². The summed E-state index contributed by atoms with van der Waals surface area (Å²) in [6, 6.07) is 8.40. The zero-order valence-corrected chi connectivity index (χ0v) is 13.3. The van der Waals surface area contributed by atoms with E-state index in [4.69, 9.17) is 0 Å². The fraction of sp³-hybridized carbons (Fsp3) is 0.444.